The van der Waals surface area contributed by atoms with Crippen LogP contribution in [0.3, 0.4) is 0 Å². The molecule has 2 N–H and O–H groups in total. The van der Waals surface area contributed by atoms with Gasteiger partial charge in [0, 0.05) is 13.0 Å². The number of ether oxygens (including phenoxy) is 2. The average molecular weight is 209 g/mol. The van der Waals surface area contributed by atoms with E-state index in [0.29, 0.717) is 19.8 Å². The molecule has 0 aromatic heterocycles. The second-order valence-corrected chi connectivity index (χ2v) is 3.43. The fourth-order valence-corrected chi connectivity index (χ4v) is 1.12. The largest absolute Gasteiger partial charge is 0.494 e. The van der Waals surface area contributed by atoms with E-state index in [1.807, 2.05) is 37.3 Å². The minimum atomic E-state index is 0.140. The SMILES string of the molecule is CC(CN)OCCCOc1ccccc1. The normalized spacial score (nSPS) is 12.4. The van der Waals surface area contributed by atoms with Crippen molar-refractivity contribution in [2.75, 3.05) is 19.8 Å². The van der Waals surface area contributed by atoms with Gasteiger partial charge in [0.2, 0.25) is 0 Å². The minimum absolute atomic E-state index is 0.140. The lowest BCUT2D eigenvalue weighted by Crippen LogP contribution is -2.21. The summed E-state index contributed by atoms with van der Waals surface area (Å²) in [5, 5.41) is 0. The lowest BCUT2D eigenvalue weighted by molar-refractivity contribution is 0.0631. The molecule has 1 unspecified atom stereocenters. The van der Waals surface area contributed by atoms with E-state index in [1.165, 1.54) is 0 Å². The zero-order valence-corrected chi connectivity index (χ0v) is 9.19. The van der Waals surface area contributed by atoms with Crippen molar-refractivity contribution in [2.24, 2.45) is 5.73 Å². The van der Waals surface area contributed by atoms with Crippen molar-refractivity contribution in [3.05, 3.63) is 30.3 Å². The van der Waals surface area contributed by atoms with Crippen molar-refractivity contribution in [1.82, 2.24) is 0 Å². The van der Waals surface area contributed by atoms with E-state index >= 15 is 0 Å². The molecule has 0 bridgehead atoms. The molecule has 0 fully saturated rings. The van der Waals surface area contributed by atoms with Gasteiger partial charge in [0.15, 0.2) is 0 Å². The molecule has 0 heterocycles. The molecule has 0 saturated carbocycles. The smallest absolute Gasteiger partial charge is 0.119 e. The highest BCUT2D eigenvalue weighted by Crippen LogP contribution is 2.08. The van der Waals surface area contributed by atoms with E-state index in [1.54, 1.807) is 0 Å². The van der Waals surface area contributed by atoms with Crippen LogP contribution in [0.1, 0.15) is 13.3 Å². The quantitative estimate of drug-likeness (QED) is 0.697. The Morgan fingerprint density at radius 1 is 1.20 bits per heavy atom. The van der Waals surface area contributed by atoms with Crippen molar-refractivity contribution in [3.63, 3.8) is 0 Å². The summed E-state index contributed by atoms with van der Waals surface area (Å²) >= 11 is 0. The van der Waals surface area contributed by atoms with Crippen LogP contribution in [-0.4, -0.2) is 25.9 Å². The van der Waals surface area contributed by atoms with E-state index < -0.39 is 0 Å². The summed E-state index contributed by atoms with van der Waals surface area (Å²) in [5.41, 5.74) is 5.42. The maximum Gasteiger partial charge on any atom is 0.119 e. The summed E-state index contributed by atoms with van der Waals surface area (Å²) in [5.74, 6) is 0.907. The van der Waals surface area contributed by atoms with Gasteiger partial charge in [-0.1, -0.05) is 18.2 Å². The first-order valence-electron chi connectivity index (χ1n) is 5.32. The number of para-hydroxylation sites is 1. The molecule has 1 aromatic carbocycles. The molecule has 3 nitrogen and oxygen atoms in total. The van der Waals surface area contributed by atoms with Gasteiger partial charge in [0.05, 0.1) is 19.3 Å². The first kappa shape index (κ1) is 12.0. The molecule has 0 amide bonds. The van der Waals surface area contributed by atoms with Gasteiger partial charge in [-0.15, -0.1) is 0 Å². The van der Waals surface area contributed by atoms with Gasteiger partial charge in [-0.05, 0) is 19.1 Å². The molecule has 0 spiro atoms. The van der Waals surface area contributed by atoms with Gasteiger partial charge in [-0.3, -0.25) is 0 Å². The molecule has 3 heteroatoms. The van der Waals surface area contributed by atoms with Gasteiger partial charge >= 0.3 is 0 Å². The summed E-state index contributed by atoms with van der Waals surface area (Å²) in [6.07, 6.45) is 1.03. The molecule has 0 radical (unpaired) electrons. The van der Waals surface area contributed by atoms with Gasteiger partial charge in [-0.2, -0.15) is 0 Å². The van der Waals surface area contributed by atoms with E-state index in [2.05, 4.69) is 0 Å². The van der Waals surface area contributed by atoms with Crippen LogP contribution in [0, 0.1) is 0 Å². The summed E-state index contributed by atoms with van der Waals surface area (Å²) in [7, 11) is 0. The summed E-state index contributed by atoms with van der Waals surface area (Å²) in [6.45, 7) is 3.92. The first-order valence-corrected chi connectivity index (χ1v) is 5.32. The lowest BCUT2D eigenvalue weighted by atomic mass is 10.3. The predicted octanol–water partition coefficient (Wildman–Crippen LogP) is 1.82. The fraction of sp³-hybridized carbons (Fsp3) is 0.500. The Kier molecular flexibility index (Phi) is 5.81. The Morgan fingerprint density at radius 2 is 1.93 bits per heavy atom. The van der Waals surface area contributed by atoms with Crippen LogP contribution in [0.25, 0.3) is 0 Å². The highest BCUT2D eigenvalue weighted by atomic mass is 16.5. The zero-order chi connectivity index (χ0) is 10.9. The zero-order valence-electron chi connectivity index (χ0n) is 9.19. The fourth-order valence-electron chi connectivity index (χ4n) is 1.12. The van der Waals surface area contributed by atoms with Gasteiger partial charge in [0.1, 0.15) is 5.75 Å². The Bertz CT molecular complexity index is 251. The third-order valence-corrected chi connectivity index (χ3v) is 2.03. The summed E-state index contributed by atoms with van der Waals surface area (Å²) in [6, 6.07) is 9.79. The number of hydrogen-bond acceptors (Lipinski definition) is 3. The maximum atomic E-state index is 5.51. The Morgan fingerprint density at radius 3 is 2.60 bits per heavy atom. The van der Waals surface area contributed by atoms with Crippen molar-refractivity contribution in [3.8, 4) is 5.75 Å². The van der Waals surface area contributed by atoms with Gasteiger partial charge < -0.3 is 15.2 Å². The van der Waals surface area contributed by atoms with Crippen LogP contribution in [0.15, 0.2) is 30.3 Å². The third-order valence-electron chi connectivity index (χ3n) is 2.03. The minimum Gasteiger partial charge on any atom is -0.494 e. The molecule has 84 valence electrons. The van der Waals surface area contributed by atoms with E-state index in [9.17, 15) is 0 Å². The second kappa shape index (κ2) is 7.26. The molecule has 1 rings (SSSR count). The molecule has 0 aliphatic carbocycles. The molecular formula is C12H19NO2. The number of hydrogen-bond donors (Lipinski definition) is 1. The summed E-state index contributed by atoms with van der Waals surface area (Å²) in [4.78, 5) is 0. The standard InChI is InChI=1S/C12H19NO2/c1-11(10-13)14-8-5-9-15-12-6-3-2-4-7-12/h2-4,6-7,11H,5,8-10,13H2,1H3. The Hall–Kier alpha value is -1.06. The van der Waals surface area contributed by atoms with Gasteiger partial charge in [-0.25, -0.2) is 0 Å². The molecule has 0 aliphatic rings. The highest BCUT2D eigenvalue weighted by molar-refractivity contribution is 5.20. The third kappa shape index (κ3) is 5.40. The average Bonchev–Trinajstić information content (AvgIpc) is 2.29. The topological polar surface area (TPSA) is 44.5 Å². The van der Waals surface area contributed by atoms with Crippen molar-refractivity contribution in [1.29, 1.82) is 0 Å². The van der Waals surface area contributed by atoms with Crippen molar-refractivity contribution in [2.45, 2.75) is 19.4 Å². The predicted molar refractivity (Wildman–Crippen MR) is 61.0 cm³/mol. The number of benzene rings is 1. The molecular weight excluding hydrogens is 190 g/mol. The van der Waals surface area contributed by atoms with Crippen LogP contribution < -0.4 is 10.5 Å². The van der Waals surface area contributed by atoms with Crippen LogP contribution in [-0.2, 0) is 4.74 Å². The first-order chi connectivity index (χ1) is 7.33. The Balaban J connectivity index is 2.03. The lowest BCUT2D eigenvalue weighted by Gasteiger charge is -2.10. The van der Waals surface area contributed by atoms with E-state index in [0.717, 1.165) is 12.2 Å². The summed E-state index contributed by atoms with van der Waals surface area (Å²) < 4.78 is 10.9. The van der Waals surface area contributed by atoms with E-state index in [4.69, 9.17) is 15.2 Å². The van der Waals surface area contributed by atoms with Crippen LogP contribution in [0.4, 0.5) is 0 Å². The number of nitrogens with two attached hydrogens (primary N) is 1. The van der Waals surface area contributed by atoms with Crippen LogP contribution in [0.5, 0.6) is 5.75 Å². The molecule has 1 atom stereocenters. The maximum absolute atomic E-state index is 5.51. The van der Waals surface area contributed by atoms with Crippen LogP contribution >= 0.6 is 0 Å². The molecule has 15 heavy (non-hydrogen) atoms. The molecule has 1 aromatic rings. The van der Waals surface area contributed by atoms with Crippen LogP contribution in [0.2, 0.25) is 0 Å². The Labute approximate surface area is 91.2 Å². The molecule has 0 saturated heterocycles. The number of rotatable bonds is 7. The van der Waals surface area contributed by atoms with E-state index in [-0.39, 0.29) is 6.10 Å². The molecule has 0 aliphatic heterocycles. The van der Waals surface area contributed by atoms with Gasteiger partial charge in [0.25, 0.3) is 0 Å². The second-order valence-electron chi connectivity index (χ2n) is 3.43. The van der Waals surface area contributed by atoms with Crippen molar-refractivity contribution < 1.29 is 9.47 Å². The van der Waals surface area contributed by atoms with Crippen molar-refractivity contribution >= 4 is 0 Å². The highest BCUT2D eigenvalue weighted by Gasteiger charge is 1.97. The monoisotopic (exact) mass is 209 g/mol.